The van der Waals surface area contributed by atoms with E-state index in [1.807, 2.05) is 42.5 Å². The van der Waals surface area contributed by atoms with Crippen LogP contribution in [0.1, 0.15) is 17.0 Å². The van der Waals surface area contributed by atoms with Gasteiger partial charge < -0.3 is 14.6 Å². The molecule has 0 unspecified atom stereocenters. The summed E-state index contributed by atoms with van der Waals surface area (Å²) >= 11 is 0. The van der Waals surface area contributed by atoms with E-state index in [9.17, 15) is 9.90 Å². The second kappa shape index (κ2) is 7.69. The number of fused-ring (bicyclic) bond motifs is 4. The van der Waals surface area contributed by atoms with Gasteiger partial charge >= 0.3 is 6.09 Å². The predicted octanol–water partition coefficient (Wildman–Crippen LogP) is 5.92. The fourth-order valence-corrected chi connectivity index (χ4v) is 4.34. The minimum atomic E-state index is -0.556. The van der Waals surface area contributed by atoms with E-state index in [0.717, 1.165) is 11.1 Å². The Balaban J connectivity index is 1.39. The van der Waals surface area contributed by atoms with Gasteiger partial charge in [-0.25, -0.2) is 4.79 Å². The number of nitrogens with one attached hydrogen (secondary N) is 1. The smallest absolute Gasteiger partial charge is 0.411 e. The van der Waals surface area contributed by atoms with E-state index in [4.69, 9.17) is 9.47 Å². The molecule has 5 nitrogen and oxygen atoms in total. The number of hydrogen-bond acceptors (Lipinski definition) is 4. The molecule has 4 aromatic rings. The van der Waals surface area contributed by atoms with Crippen LogP contribution in [0.2, 0.25) is 0 Å². The number of phenolic OH excluding ortho intramolecular Hbond substituents is 1. The number of anilines is 1. The molecule has 0 heterocycles. The van der Waals surface area contributed by atoms with Crippen LogP contribution >= 0.6 is 0 Å². The number of phenols is 1. The highest BCUT2D eigenvalue weighted by molar-refractivity contribution is 6.04. The van der Waals surface area contributed by atoms with Crippen molar-refractivity contribution < 1.29 is 19.4 Å². The molecule has 1 aliphatic carbocycles. The molecule has 0 aliphatic heterocycles. The number of ether oxygens (including phenoxy) is 2. The summed E-state index contributed by atoms with van der Waals surface area (Å²) in [6.45, 7) is 0.229. The van der Waals surface area contributed by atoms with Gasteiger partial charge in [-0.2, -0.15) is 0 Å². The highest BCUT2D eigenvalue weighted by Gasteiger charge is 2.29. The van der Waals surface area contributed by atoms with Gasteiger partial charge in [0.15, 0.2) is 11.5 Å². The molecule has 0 saturated heterocycles. The first-order valence-electron chi connectivity index (χ1n) is 10.1. The standard InChI is InChI=1S/C26H21NO4/c1-30-24-14-23(20-12-6-7-13-21(20)25(24)28)27-26(29)31-15-22-18-10-4-2-8-16(18)17-9-3-5-11-19(17)22/h2-14,22,28H,15H2,1H3,(H,27,29). The maximum absolute atomic E-state index is 12.7. The van der Waals surface area contributed by atoms with Crippen molar-refractivity contribution in [1.29, 1.82) is 0 Å². The van der Waals surface area contributed by atoms with Crippen LogP contribution in [-0.4, -0.2) is 24.9 Å². The topological polar surface area (TPSA) is 67.8 Å². The molecule has 5 heteroatoms. The van der Waals surface area contributed by atoms with Crippen LogP contribution in [-0.2, 0) is 4.74 Å². The molecule has 0 fully saturated rings. The number of rotatable bonds is 4. The van der Waals surface area contributed by atoms with Gasteiger partial charge in [0.25, 0.3) is 0 Å². The SMILES string of the molecule is COc1cc(NC(=O)OCC2c3ccccc3-c3ccccc32)c2ccccc2c1O. The highest BCUT2D eigenvalue weighted by atomic mass is 16.5. The minimum absolute atomic E-state index is 0.00996. The van der Waals surface area contributed by atoms with Crippen LogP contribution in [0.5, 0.6) is 11.5 Å². The van der Waals surface area contributed by atoms with E-state index >= 15 is 0 Å². The second-order valence-electron chi connectivity index (χ2n) is 7.47. The zero-order valence-electron chi connectivity index (χ0n) is 17.0. The van der Waals surface area contributed by atoms with E-state index in [2.05, 4.69) is 29.6 Å². The monoisotopic (exact) mass is 411 g/mol. The van der Waals surface area contributed by atoms with E-state index in [1.165, 1.54) is 18.2 Å². The van der Waals surface area contributed by atoms with Gasteiger partial charge in [0, 0.05) is 22.8 Å². The first-order chi connectivity index (χ1) is 15.2. The second-order valence-corrected chi connectivity index (χ2v) is 7.47. The fourth-order valence-electron chi connectivity index (χ4n) is 4.34. The lowest BCUT2D eigenvalue weighted by Crippen LogP contribution is -2.18. The molecule has 0 radical (unpaired) electrons. The van der Waals surface area contributed by atoms with Crippen LogP contribution in [0.4, 0.5) is 10.5 Å². The van der Waals surface area contributed by atoms with E-state index in [0.29, 0.717) is 16.5 Å². The lowest BCUT2D eigenvalue weighted by molar-refractivity contribution is 0.158. The molecule has 154 valence electrons. The first kappa shape index (κ1) is 19.0. The number of aromatic hydroxyl groups is 1. The van der Waals surface area contributed by atoms with E-state index in [1.54, 1.807) is 12.1 Å². The number of amides is 1. The van der Waals surface area contributed by atoms with Crippen molar-refractivity contribution in [2.45, 2.75) is 5.92 Å². The highest BCUT2D eigenvalue weighted by Crippen LogP contribution is 2.44. The van der Waals surface area contributed by atoms with E-state index < -0.39 is 6.09 Å². The third-order valence-corrected chi connectivity index (χ3v) is 5.78. The molecule has 0 saturated carbocycles. The Kier molecular flexibility index (Phi) is 4.71. The van der Waals surface area contributed by atoms with Crippen LogP contribution in [0.3, 0.4) is 0 Å². The van der Waals surface area contributed by atoms with Crippen LogP contribution in [0, 0.1) is 0 Å². The Labute approximate surface area is 179 Å². The molecule has 0 bridgehead atoms. The normalized spacial score (nSPS) is 12.3. The molecule has 4 aromatic carbocycles. The summed E-state index contributed by atoms with van der Waals surface area (Å²) in [6.07, 6.45) is -0.556. The molecule has 31 heavy (non-hydrogen) atoms. The molecule has 2 N–H and O–H groups in total. The molecule has 1 amide bonds. The summed E-state index contributed by atoms with van der Waals surface area (Å²) in [5.74, 6) is 0.313. The number of hydrogen-bond donors (Lipinski definition) is 2. The lowest BCUT2D eigenvalue weighted by Gasteiger charge is -2.16. The third kappa shape index (κ3) is 3.24. The van der Waals surface area contributed by atoms with Crippen molar-refractivity contribution in [3.63, 3.8) is 0 Å². The molecule has 0 atom stereocenters. The van der Waals surface area contributed by atoms with Crippen molar-refractivity contribution in [1.82, 2.24) is 0 Å². The van der Waals surface area contributed by atoms with Gasteiger partial charge in [-0.3, -0.25) is 5.32 Å². The van der Waals surface area contributed by atoms with Crippen LogP contribution in [0.25, 0.3) is 21.9 Å². The Morgan fingerprint density at radius 1 is 0.903 bits per heavy atom. The van der Waals surface area contributed by atoms with E-state index in [-0.39, 0.29) is 24.0 Å². The molecule has 1 aliphatic rings. The number of methoxy groups -OCH3 is 1. The number of carbonyl (C=O) groups is 1. The number of benzene rings is 4. The molecule has 0 spiro atoms. The van der Waals surface area contributed by atoms with Crippen LogP contribution in [0.15, 0.2) is 78.9 Å². The Hall–Kier alpha value is -3.99. The first-order valence-corrected chi connectivity index (χ1v) is 10.1. The Morgan fingerprint density at radius 3 is 2.13 bits per heavy atom. The van der Waals surface area contributed by atoms with Crippen molar-refractivity contribution in [3.8, 4) is 22.6 Å². The summed E-state index contributed by atoms with van der Waals surface area (Å²) in [5, 5.41) is 14.5. The van der Waals surface area contributed by atoms with Gasteiger partial charge in [0.2, 0.25) is 0 Å². The molecular formula is C26H21NO4. The Bertz CT molecular complexity index is 1250. The fraction of sp³-hybridized carbons (Fsp3) is 0.115. The minimum Gasteiger partial charge on any atom is -0.504 e. The molecular weight excluding hydrogens is 390 g/mol. The van der Waals surface area contributed by atoms with Crippen molar-refractivity contribution in [2.24, 2.45) is 0 Å². The maximum Gasteiger partial charge on any atom is 0.411 e. The molecule has 0 aromatic heterocycles. The summed E-state index contributed by atoms with van der Waals surface area (Å²) in [5.41, 5.74) is 5.20. The summed E-state index contributed by atoms with van der Waals surface area (Å²) < 4.78 is 10.9. The van der Waals surface area contributed by atoms with Gasteiger partial charge in [-0.05, 0) is 22.3 Å². The number of carbonyl (C=O) groups excluding carboxylic acids is 1. The lowest BCUT2D eigenvalue weighted by atomic mass is 9.98. The summed E-state index contributed by atoms with van der Waals surface area (Å²) in [7, 11) is 1.47. The zero-order valence-corrected chi connectivity index (χ0v) is 17.0. The van der Waals surface area contributed by atoms with Gasteiger partial charge in [-0.1, -0.05) is 72.8 Å². The summed E-state index contributed by atoms with van der Waals surface area (Å²) in [6, 6.07) is 25.3. The summed E-state index contributed by atoms with van der Waals surface area (Å²) in [4.78, 5) is 12.7. The zero-order chi connectivity index (χ0) is 21.4. The predicted molar refractivity (Wildman–Crippen MR) is 121 cm³/mol. The quantitative estimate of drug-likeness (QED) is 0.409. The van der Waals surface area contributed by atoms with Gasteiger partial charge in [-0.15, -0.1) is 0 Å². The average Bonchev–Trinajstić information content (AvgIpc) is 3.13. The van der Waals surface area contributed by atoms with Crippen molar-refractivity contribution in [3.05, 3.63) is 90.0 Å². The maximum atomic E-state index is 12.7. The average molecular weight is 411 g/mol. The van der Waals surface area contributed by atoms with Crippen LogP contribution < -0.4 is 10.1 Å². The largest absolute Gasteiger partial charge is 0.504 e. The molecule has 5 rings (SSSR count). The van der Waals surface area contributed by atoms with Gasteiger partial charge in [0.05, 0.1) is 12.8 Å². The Morgan fingerprint density at radius 2 is 1.48 bits per heavy atom. The third-order valence-electron chi connectivity index (χ3n) is 5.78. The van der Waals surface area contributed by atoms with Gasteiger partial charge in [0.1, 0.15) is 6.61 Å². The van der Waals surface area contributed by atoms with Crippen molar-refractivity contribution in [2.75, 3.05) is 19.0 Å². The van der Waals surface area contributed by atoms with Crippen molar-refractivity contribution >= 4 is 22.6 Å².